The summed E-state index contributed by atoms with van der Waals surface area (Å²) in [6.07, 6.45) is 8.88. The van der Waals surface area contributed by atoms with Gasteiger partial charge in [0.15, 0.2) is 0 Å². The van der Waals surface area contributed by atoms with Crippen LogP contribution < -0.4 is 5.73 Å². The first kappa shape index (κ1) is 14.5. The fourth-order valence-electron chi connectivity index (χ4n) is 2.82. The number of hydrogen-bond acceptors (Lipinski definition) is 3. The molecular weight excluding hydrogens is 238 g/mol. The maximum absolute atomic E-state index is 9.87. The van der Waals surface area contributed by atoms with E-state index in [9.17, 15) is 5.11 Å². The molecular formula is C15H27N3O. The van der Waals surface area contributed by atoms with Crippen molar-refractivity contribution in [3.8, 4) is 0 Å². The highest BCUT2D eigenvalue weighted by molar-refractivity contribution is 5.05. The summed E-state index contributed by atoms with van der Waals surface area (Å²) in [7, 11) is 0. The molecule has 4 nitrogen and oxygen atoms in total. The van der Waals surface area contributed by atoms with Gasteiger partial charge in [-0.2, -0.15) is 5.10 Å². The maximum Gasteiger partial charge on any atom is 0.0631 e. The predicted octanol–water partition coefficient (Wildman–Crippen LogP) is 2.28. The predicted molar refractivity (Wildman–Crippen MR) is 76.9 cm³/mol. The van der Waals surface area contributed by atoms with Crippen LogP contribution in [0.15, 0.2) is 12.3 Å². The molecule has 1 aromatic rings. The van der Waals surface area contributed by atoms with E-state index in [1.807, 2.05) is 13.8 Å². The number of aliphatic hydroxyl groups is 1. The smallest absolute Gasteiger partial charge is 0.0631 e. The molecule has 0 aliphatic heterocycles. The zero-order valence-electron chi connectivity index (χ0n) is 12.2. The third kappa shape index (κ3) is 3.37. The van der Waals surface area contributed by atoms with E-state index in [0.29, 0.717) is 12.6 Å². The zero-order valence-corrected chi connectivity index (χ0v) is 12.2. The van der Waals surface area contributed by atoms with E-state index in [1.165, 1.54) is 32.1 Å². The monoisotopic (exact) mass is 265 g/mol. The largest absolute Gasteiger partial charge is 0.393 e. The zero-order chi connectivity index (χ0) is 13.9. The van der Waals surface area contributed by atoms with Crippen molar-refractivity contribution >= 4 is 0 Å². The Morgan fingerprint density at radius 2 is 2.16 bits per heavy atom. The van der Waals surface area contributed by atoms with Crippen LogP contribution in [0, 0.1) is 5.41 Å². The number of rotatable bonds is 5. The summed E-state index contributed by atoms with van der Waals surface area (Å²) >= 11 is 0. The Bertz CT molecular complexity index is 396. The Labute approximate surface area is 116 Å². The second-order valence-electron chi connectivity index (χ2n) is 6.29. The molecule has 0 bridgehead atoms. The lowest BCUT2D eigenvalue weighted by molar-refractivity contribution is 0.0580. The second-order valence-corrected chi connectivity index (χ2v) is 6.29. The van der Waals surface area contributed by atoms with Gasteiger partial charge in [-0.05, 0) is 25.8 Å². The highest BCUT2D eigenvalue weighted by Crippen LogP contribution is 2.29. The van der Waals surface area contributed by atoms with Crippen LogP contribution in [0.2, 0.25) is 0 Å². The second kappa shape index (κ2) is 6.06. The molecule has 1 aliphatic carbocycles. The van der Waals surface area contributed by atoms with Gasteiger partial charge in [-0.25, -0.2) is 0 Å². The Morgan fingerprint density at radius 1 is 1.47 bits per heavy atom. The molecule has 19 heavy (non-hydrogen) atoms. The Morgan fingerprint density at radius 3 is 2.74 bits per heavy atom. The first-order chi connectivity index (χ1) is 9.05. The quantitative estimate of drug-likeness (QED) is 0.858. The van der Waals surface area contributed by atoms with Crippen LogP contribution in [0.25, 0.3) is 0 Å². The van der Waals surface area contributed by atoms with Crippen molar-refractivity contribution in [2.75, 3.05) is 6.54 Å². The van der Waals surface area contributed by atoms with E-state index in [1.54, 1.807) is 0 Å². The molecule has 1 aromatic heterocycles. The molecule has 1 heterocycles. The average Bonchev–Trinajstić information content (AvgIpc) is 2.87. The van der Waals surface area contributed by atoms with Crippen molar-refractivity contribution in [1.29, 1.82) is 0 Å². The highest BCUT2D eigenvalue weighted by Gasteiger charge is 2.30. The summed E-state index contributed by atoms with van der Waals surface area (Å²) in [5, 5.41) is 14.6. The summed E-state index contributed by atoms with van der Waals surface area (Å²) in [6, 6.07) is 2.64. The highest BCUT2D eigenvalue weighted by atomic mass is 16.3. The number of aliphatic hydroxyl groups excluding tert-OH is 1. The van der Waals surface area contributed by atoms with E-state index < -0.39 is 6.10 Å². The lowest BCUT2D eigenvalue weighted by Crippen LogP contribution is -2.39. The molecule has 2 unspecified atom stereocenters. The lowest BCUT2D eigenvalue weighted by Gasteiger charge is -2.30. The molecule has 1 fully saturated rings. The van der Waals surface area contributed by atoms with Gasteiger partial charge < -0.3 is 10.8 Å². The van der Waals surface area contributed by atoms with Crippen molar-refractivity contribution in [2.45, 2.75) is 64.5 Å². The van der Waals surface area contributed by atoms with Crippen molar-refractivity contribution in [3.63, 3.8) is 0 Å². The fourth-order valence-corrected chi connectivity index (χ4v) is 2.82. The summed E-state index contributed by atoms with van der Waals surface area (Å²) in [4.78, 5) is 0. The van der Waals surface area contributed by atoms with Crippen molar-refractivity contribution in [3.05, 3.63) is 18.0 Å². The lowest BCUT2D eigenvalue weighted by atomic mass is 9.81. The van der Waals surface area contributed by atoms with Crippen LogP contribution in [0.3, 0.4) is 0 Å². The standard InChI is InChI=1S/C15H27N3O/c1-12(19)15(2,11-16)10-13-8-9-18(17-13)14-6-4-3-5-7-14/h8-9,12,14,19H,3-7,10-11,16H2,1-2H3. The van der Waals surface area contributed by atoms with Crippen LogP contribution in [0.5, 0.6) is 0 Å². The van der Waals surface area contributed by atoms with Gasteiger partial charge in [0, 0.05) is 24.6 Å². The summed E-state index contributed by atoms with van der Waals surface area (Å²) in [5.41, 5.74) is 6.57. The van der Waals surface area contributed by atoms with Crippen molar-refractivity contribution < 1.29 is 5.11 Å². The fraction of sp³-hybridized carbons (Fsp3) is 0.800. The molecule has 4 heteroatoms. The van der Waals surface area contributed by atoms with Crippen molar-refractivity contribution in [1.82, 2.24) is 9.78 Å². The average molecular weight is 265 g/mol. The molecule has 0 spiro atoms. The molecule has 0 radical (unpaired) electrons. The molecule has 3 N–H and O–H groups in total. The molecule has 2 atom stereocenters. The van der Waals surface area contributed by atoms with Gasteiger partial charge in [0.2, 0.25) is 0 Å². The minimum Gasteiger partial charge on any atom is -0.393 e. The SMILES string of the molecule is CC(O)C(C)(CN)Cc1ccn(C2CCCCC2)n1. The van der Waals surface area contributed by atoms with E-state index >= 15 is 0 Å². The van der Waals surface area contributed by atoms with E-state index in [-0.39, 0.29) is 5.41 Å². The van der Waals surface area contributed by atoms with E-state index in [0.717, 1.165) is 12.1 Å². The molecule has 108 valence electrons. The summed E-state index contributed by atoms with van der Waals surface area (Å²) in [5.74, 6) is 0. The molecule has 0 amide bonds. The van der Waals surface area contributed by atoms with Crippen molar-refractivity contribution in [2.24, 2.45) is 11.1 Å². The summed E-state index contributed by atoms with van der Waals surface area (Å²) in [6.45, 7) is 4.31. The van der Waals surface area contributed by atoms with E-state index in [2.05, 4.69) is 16.9 Å². The van der Waals surface area contributed by atoms with Gasteiger partial charge in [-0.3, -0.25) is 4.68 Å². The van der Waals surface area contributed by atoms with Gasteiger partial charge >= 0.3 is 0 Å². The minimum absolute atomic E-state index is 0.286. The first-order valence-corrected chi connectivity index (χ1v) is 7.47. The van der Waals surface area contributed by atoms with Gasteiger partial charge in [-0.1, -0.05) is 26.2 Å². The van der Waals surface area contributed by atoms with E-state index in [4.69, 9.17) is 10.8 Å². The molecule has 0 saturated heterocycles. The number of hydrogen-bond donors (Lipinski definition) is 2. The van der Waals surface area contributed by atoms with Gasteiger partial charge in [0.05, 0.1) is 17.8 Å². The van der Waals surface area contributed by atoms with Crippen LogP contribution >= 0.6 is 0 Å². The normalized spacial score (nSPS) is 22.1. The molecule has 2 rings (SSSR count). The molecule has 0 aromatic carbocycles. The first-order valence-electron chi connectivity index (χ1n) is 7.47. The van der Waals surface area contributed by atoms with Gasteiger partial charge in [-0.15, -0.1) is 0 Å². The van der Waals surface area contributed by atoms with Crippen LogP contribution in [0.4, 0.5) is 0 Å². The van der Waals surface area contributed by atoms with Crippen LogP contribution in [0.1, 0.15) is 57.7 Å². The van der Waals surface area contributed by atoms with Crippen LogP contribution in [-0.2, 0) is 6.42 Å². The Balaban J connectivity index is 2.04. The topological polar surface area (TPSA) is 64.1 Å². The minimum atomic E-state index is -0.419. The van der Waals surface area contributed by atoms with Gasteiger partial charge in [0.1, 0.15) is 0 Å². The maximum atomic E-state index is 9.87. The summed E-state index contributed by atoms with van der Waals surface area (Å²) < 4.78 is 2.12. The Hall–Kier alpha value is -0.870. The number of aromatic nitrogens is 2. The van der Waals surface area contributed by atoms with Gasteiger partial charge in [0.25, 0.3) is 0 Å². The Kier molecular flexibility index (Phi) is 4.63. The molecule has 1 aliphatic rings. The molecule has 1 saturated carbocycles. The third-order valence-electron chi connectivity index (χ3n) is 4.67. The van der Waals surface area contributed by atoms with Crippen LogP contribution in [-0.4, -0.2) is 27.5 Å². The number of nitrogens with two attached hydrogens (primary N) is 1. The third-order valence-corrected chi connectivity index (χ3v) is 4.67. The number of nitrogens with zero attached hydrogens (tertiary/aromatic N) is 2.